The van der Waals surface area contributed by atoms with Gasteiger partial charge in [0.05, 0.1) is 17.4 Å². The van der Waals surface area contributed by atoms with E-state index in [9.17, 15) is 9.90 Å². The average molecular weight is 255 g/mol. The zero-order valence-corrected chi connectivity index (χ0v) is 11.2. The van der Waals surface area contributed by atoms with Crippen molar-refractivity contribution in [3.8, 4) is 11.3 Å². The number of carbonyl (C=O) groups is 1. The van der Waals surface area contributed by atoms with E-state index in [0.717, 1.165) is 11.1 Å². The fourth-order valence-electron chi connectivity index (χ4n) is 2.13. The third-order valence-corrected chi connectivity index (χ3v) is 3.03. The number of aromatic nitrogens is 2. The molecule has 0 radical (unpaired) electrons. The average Bonchev–Trinajstić information content (AvgIpc) is 2.37. The molecule has 0 saturated heterocycles. The molecule has 4 heteroatoms. The highest BCUT2D eigenvalue weighted by Gasteiger charge is 2.15. The molecule has 4 nitrogen and oxygen atoms in total. The van der Waals surface area contributed by atoms with Crippen LogP contribution in [-0.2, 0) is 6.42 Å². The minimum atomic E-state index is -1.23. The second kappa shape index (κ2) is 5.18. The lowest BCUT2D eigenvalue weighted by Crippen LogP contribution is -2.26. The molecule has 2 aromatic rings. The van der Waals surface area contributed by atoms with E-state index in [1.54, 1.807) is 6.92 Å². The summed E-state index contributed by atoms with van der Waals surface area (Å²) in [7, 11) is 0. The number of carboxylic acid groups (broad SMARTS) is 1. The molecule has 1 aromatic carbocycles. The van der Waals surface area contributed by atoms with Crippen molar-refractivity contribution in [3.05, 3.63) is 46.9 Å². The van der Waals surface area contributed by atoms with Crippen LogP contribution < -0.4 is 5.11 Å². The van der Waals surface area contributed by atoms with E-state index in [2.05, 4.69) is 9.97 Å². The van der Waals surface area contributed by atoms with Gasteiger partial charge < -0.3 is 9.90 Å². The molecule has 0 bridgehead atoms. The summed E-state index contributed by atoms with van der Waals surface area (Å²) in [5.41, 5.74) is 2.85. The van der Waals surface area contributed by atoms with Gasteiger partial charge in [-0.15, -0.1) is 0 Å². The Bertz CT molecular complexity index is 636. The van der Waals surface area contributed by atoms with Crippen molar-refractivity contribution in [3.63, 3.8) is 0 Å². The Morgan fingerprint density at radius 1 is 1.21 bits per heavy atom. The lowest BCUT2D eigenvalue weighted by molar-refractivity contribution is -0.255. The molecule has 0 fully saturated rings. The van der Waals surface area contributed by atoms with Crippen LogP contribution in [0.1, 0.15) is 34.4 Å². The van der Waals surface area contributed by atoms with Crippen molar-refractivity contribution in [2.24, 2.45) is 0 Å². The van der Waals surface area contributed by atoms with Crippen LogP contribution in [0.3, 0.4) is 0 Å². The van der Waals surface area contributed by atoms with Crippen LogP contribution in [0.25, 0.3) is 11.3 Å². The smallest absolute Gasteiger partial charge is 0.126 e. The summed E-state index contributed by atoms with van der Waals surface area (Å²) in [6.07, 6.45) is 0.533. The molecule has 0 unspecified atom stereocenters. The summed E-state index contributed by atoms with van der Waals surface area (Å²) in [6, 6.07) is 7.57. The minimum absolute atomic E-state index is 0.0994. The number of hydrogen-bond acceptors (Lipinski definition) is 4. The molecule has 0 spiro atoms. The number of carbonyl (C=O) groups excluding carboxylic acids is 1. The lowest BCUT2D eigenvalue weighted by atomic mass is 9.99. The van der Waals surface area contributed by atoms with Crippen molar-refractivity contribution < 1.29 is 9.90 Å². The van der Waals surface area contributed by atoms with Crippen LogP contribution in [0.4, 0.5) is 0 Å². The number of aryl methyl sites for hydroxylation is 3. The van der Waals surface area contributed by atoms with Gasteiger partial charge in [0.25, 0.3) is 0 Å². The number of rotatable bonds is 3. The van der Waals surface area contributed by atoms with Crippen LogP contribution in [0, 0.1) is 13.8 Å². The molecule has 0 aliphatic carbocycles. The Labute approximate surface area is 112 Å². The van der Waals surface area contributed by atoms with Crippen LogP contribution in [0.2, 0.25) is 0 Å². The molecule has 0 aliphatic rings. The predicted molar refractivity (Wildman–Crippen MR) is 70.7 cm³/mol. The topological polar surface area (TPSA) is 65.9 Å². The van der Waals surface area contributed by atoms with Gasteiger partial charge in [-0.25, -0.2) is 9.97 Å². The number of benzene rings is 1. The molecule has 0 atom stereocenters. The maximum atomic E-state index is 11.4. The van der Waals surface area contributed by atoms with Crippen molar-refractivity contribution in [2.75, 3.05) is 0 Å². The zero-order valence-electron chi connectivity index (χ0n) is 11.2. The maximum absolute atomic E-state index is 11.4. The van der Waals surface area contributed by atoms with E-state index >= 15 is 0 Å². The Balaban J connectivity index is 2.79. The standard InChI is InChI=1S/C15H16N2O2/c1-4-12-13(15(18)19)14(17-10(3)16-12)11-8-6-5-7-9(11)2/h5-8H,4H2,1-3H3,(H,18,19)/p-1. The van der Waals surface area contributed by atoms with E-state index in [0.29, 0.717) is 23.6 Å². The van der Waals surface area contributed by atoms with Gasteiger partial charge in [0.1, 0.15) is 5.82 Å². The van der Waals surface area contributed by atoms with Crippen molar-refractivity contribution in [1.82, 2.24) is 9.97 Å². The molecule has 19 heavy (non-hydrogen) atoms. The van der Waals surface area contributed by atoms with E-state index in [4.69, 9.17) is 0 Å². The third-order valence-electron chi connectivity index (χ3n) is 3.03. The van der Waals surface area contributed by atoms with E-state index < -0.39 is 5.97 Å². The van der Waals surface area contributed by atoms with Crippen LogP contribution >= 0.6 is 0 Å². The fraction of sp³-hybridized carbons (Fsp3) is 0.267. The first-order chi connectivity index (χ1) is 9.04. The fourth-order valence-corrected chi connectivity index (χ4v) is 2.13. The highest BCUT2D eigenvalue weighted by Crippen LogP contribution is 2.26. The van der Waals surface area contributed by atoms with Crippen LogP contribution in [0.15, 0.2) is 24.3 Å². The molecule has 0 aliphatic heterocycles. The molecule has 0 saturated carbocycles. The summed E-state index contributed by atoms with van der Waals surface area (Å²) in [5.74, 6) is -0.657. The van der Waals surface area contributed by atoms with Gasteiger partial charge >= 0.3 is 0 Å². The van der Waals surface area contributed by atoms with Crippen molar-refractivity contribution >= 4 is 5.97 Å². The summed E-state index contributed by atoms with van der Waals surface area (Å²) < 4.78 is 0. The third kappa shape index (κ3) is 2.47. The predicted octanol–water partition coefficient (Wildman–Crippen LogP) is 1.69. The van der Waals surface area contributed by atoms with Gasteiger partial charge in [0.15, 0.2) is 0 Å². The van der Waals surface area contributed by atoms with Gasteiger partial charge in [0.2, 0.25) is 0 Å². The highest BCUT2D eigenvalue weighted by atomic mass is 16.4. The molecule has 1 heterocycles. The molecule has 2 rings (SSSR count). The maximum Gasteiger partial charge on any atom is 0.126 e. The quantitative estimate of drug-likeness (QED) is 0.837. The number of carboxylic acids is 1. The molecular formula is C15H15N2O2-. The SMILES string of the molecule is CCc1nc(C)nc(-c2ccccc2C)c1C(=O)[O-]. The molecule has 0 N–H and O–H groups in total. The molecule has 0 amide bonds. The summed E-state index contributed by atoms with van der Waals surface area (Å²) in [4.78, 5) is 19.9. The van der Waals surface area contributed by atoms with E-state index in [1.807, 2.05) is 38.1 Å². The zero-order chi connectivity index (χ0) is 14.0. The minimum Gasteiger partial charge on any atom is -0.545 e. The Morgan fingerprint density at radius 3 is 2.47 bits per heavy atom. The summed E-state index contributed by atoms with van der Waals surface area (Å²) in [5, 5.41) is 11.4. The van der Waals surface area contributed by atoms with Crippen molar-refractivity contribution in [1.29, 1.82) is 0 Å². The molecule has 98 valence electrons. The second-order valence-electron chi connectivity index (χ2n) is 4.40. The number of hydrogen-bond donors (Lipinski definition) is 0. The molecular weight excluding hydrogens is 240 g/mol. The monoisotopic (exact) mass is 255 g/mol. The number of nitrogens with zero attached hydrogens (tertiary/aromatic N) is 2. The Hall–Kier alpha value is -2.23. The van der Waals surface area contributed by atoms with Gasteiger partial charge in [-0.1, -0.05) is 31.2 Å². The first kappa shape index (κ1) is 13.2. The van der Waals surface area contributed by atoms with Gasteiger partial charge in [0, 0.05) is 11.1 Å². The van der Waals surface area contributed by atoms with Crippen LogP contribution in [-0.4, -0.2) is 15.9 Å². The second-order valence-corrected chi connectivity index (χ2v) is 4.40. The molecule has 1 aromatic heterocycles. The van der Waals surface area contributed by atoms with Gasteiger partial charge in [-0.05, 0) is 25.8 Å². The largest absolute Gasteiger partial charge is 0.545 e. The van der Waals surface area contributed by atoms with Crippen molar-refractivity contribution in [2.45, 2.75) is 27.2 Å². The highest BCUT2D eigenvalue weighted by molar-refractivity contribution is 5.95. The summed E-state index contributed by atoms with van der Waals surface area (Å²) >= 11 is 0. The lowest BCUT2D eigenvalue weighted by Gasteiger charge is -2.15. The Kier molecular flexibility index (Phi) is 3.60. The normalized spacial score (nSPS) is 10.5. The van der Waals surface area contributed by atoms with E-state index in [1.165, 1.54) is 0 Å². The summed E-state index contributed by atoms with van der Waals surface area (Å²) in [6.45, 7) is 5.56. The number of aromatic carboxylic acids is 1. The first-order valence-electron chi connectivity index (χ1n) is 6.19. The Morgan fingerprint density at radius 2 is 1.89 bits per heavy atom. The van der Waals surface area contributed by atoms with Crippen LogP contribution in [0.5, 0.6) is 0 Å². The van der Waals surface area contributed by atoms with Gasteiger partial charge in [-0.3, -0.25) is 0 Å². The first-order valence-corrected chi connectivity index (χ1v) is 6.19. The van der Waals surface area contributed by atoms with Gasteiger partial charge in [-0.2, -0.15) is 0 Å². The van der Waals surface area contributed by atoms with E-state index in [-0.39, 0.29) is 5.56 Å².